The van der Waals surface area contributed by atoms with Gasteiger partial charge in [0.2, 0.25) is 0 Å². The summed E-state index contributed by atoms with van der Waals surface area (Å²) in [6.45, 7) is -0.860. The van der Waals surface area contributed by atoms with Crippen LogP contribution in [-0.4, -0.2) is 16.2 Å². The minimum absolute atomic E-state index is 0.645. The van der Waals surface area contributed by atoms with Crippen molar-refractivity contribution in [3.05, 3.63) is 211 Å². The first kappa shape index (κ1) is 27.8. The molecule has 0 saturated heterocycles. The molecule has 0 fully saturated rings. The van der Waals surface area contributed by atoms with Crippen molar-refractivity contribution in [3.8, 4) is 0 Å². The van der Waals surface area contributed by atoms with Crippen LogP contribution in [0.3, 0.4) is 0 Å². The van der Waals surface area contributed by atoms with Gasteiger partial charge >= 0.3 is 261 Å². The third-order valence-corrected chi connectivity index (χ3v) is 15.5. The van der Waals surface area contributed by atoms with Crippen molar-refractivity contribution in [2.24, 2.45) is 0 Å². The van der Waals surface area contributed by atoms with Gasteiger partial charge in [0.05, 0.1) is 0 Å². The summed E-state index contributed by atoms with van der Waals surface area (Å²) in [5.74, 6) is 0. The van der Waals surface area contributed by atoms with E-state index >= 15 is 0 Å². The second kappa shape index (κ2) is 11.2. The summed E-state index contributed by atoms with van der Waals surface area (Å²) >= 11 is 0. The van der Waals surface area contributed by atoms with Gasteiger partial charge in [-0.05, 0) is 0 Å². The molecule has 0 saturated carbocycles. The molecule has 6 aromatic carbocycles. The molecule has 0 N–H and O–H groups in total. The zero-order valence-corrected chi connectivity index (χ0v) is 25.7. The van der Waals surface area contributed by atoms with Crippen molar-refractivity contribution in [1.82, 2.24) is 9.55 Å². The Morgan fingerprint density at radius 2 is 0.727 bits per heavy atom. The fraction of sp³-hybridized carbons (Fsp3) is 0.0488. The molecule has 44 heavy (non-hydrogen) atoms. The Hall–Kier alpha value is -5.04. The molecule has 0 amide bonds. The van der Waals surface area contributed by atoms with Gasteiger partial charge < -0.3 is 0 Å². The minimum atomic E-state index is -3.33. The second-order valence-electron chi connectivity index (χ2n) is 11.5. The summed E-state index contributed by atoms with van der Waals surface area (Å²) in [6.07, 6.45) is 4.39. The molecular formula is C41H35N2P. The van der Waals surface area contributed by atoms with Gasteiger partial charge in [-0.15, -0.1) is 0 Å². The van der Waals surface area contributed by atoms with Crippen molar-refractivity contribution in [3.63, 3.8) is 0 Å². The molecule has 0 aliphatic heterocycles. The molecule has 0 spiro atoms. The molecule has 1 heterocycles. The molecule has 1 aromatic heterocycles. The summed E-state index contributed by atoms with van der Waals surface area (Å²) in [7, 11) is 0. The fourth-order valence-electron chi connectivity index (χ4n) is 7.02. The third-order valence-electron chi connectivity index (χ3n) is 9.31. The average molecular weight is 587 g/mol. The van der Waals surface area contributed by atoms with Crippen molar-refractivity contribution in [1.29, 1.82) is 0 Å². The van der Waals surface area contributed by atoms with E-state index in [0.29, 0.717) is 0 Å². The first-order chi connectivity index (χ1) is 21.7. The van der Waals surface area contributed by atoms with Crippen molar-refractivity contribution < 1.29 is 0 Å². The van der Waals surface area contributed by atoms with Crippen LogP contribution >= 0.6 is 6.60 Å². The van der Waals surface area contributed by atoms with Gasteiger partial charge in [0.1, 0.15) is 0 Å². The average Bonchev–Trinajstić information content (AvgIpc) is 3.63. The molecule has 7 aromatic rings. The number of nitrogens with zero attached hydrogens (tertiary/aromatic N) is 2. The predicted octanol–water partition coefficient (Wildman–Crippen LogP) is 7.51. The normalized spacial score (nSPS) is 12.7. The molecule has 0 radical (unpaired) electrons. The summed E-state index contributed by atoms with van der Waals surface area (Å²) < 4.78 is 2.35. The molecule has 3 heteroatoms. The van der Waals surface area contributed by atoms with E-state index in [-0.39, 0.29) is 0 Å². The number of aromatic nitrogens is 2. The zero-order valence-electron chi connectivity index (χ0n) is 24.8. The van der Waals surface area contributed by atoms with Crippen LogP contribution in [0, 0.1) is 0 Å². The van der Waals surface area contributed by atoms with E-state index in [2.05, 4.69) is 206 Å². The topological polar surface area (TPSA) is 17.8 Å². The summed E-state index contributed by atoms with van der Waals surface area (Å²) in [6, 6.07) is 65.4. The first-order valence-corrected chi connectivity index (χ1v) is 17.7. The SMILES string of the molecule is CP(c1ccccc1)(c1ccccc1)(c1ccccc1)c1cn(C(c2ccccc2)(c2ccccc2)c2ccccc2)cn1. The van der Waals surface area contributed by atoms with Crippen molar-refractivity contribution >= 4 is 28.0 Å². The summed E-state index contributed by atoms with van der Waals surface area (Å²) in [5, 5.41) is 3.85. The second-order valence-corrected chi connectivity index (χ2v) is 16.7. The maximum absolute atomic E-state index is 5.45. The van der Waals surface area contributed by atoms with E-state index in [1.54, 1.807) is 0 Å². The van der Waals surface area contributed by atoms with Crippen LogP contribution in [0.4, 0.5) is 0 Å². The quantitative estimate of drug-likeness (QED) is 0.133. The Morgan fingerprint density at radius 3 is 1.05 bits per heavy atom. The van der Waals surface area contributed by atoms with Gasteiger partial charge in [-0.1, -0.05) is 0 Å². The number of rotatable bonds is 8. The number of hydrogen-bond acceptors (Lipinski definition) is 1. The fourth-order valence-corrected chi connectivity index (χ4v) is 12.2. The monoisotopic (exact) mass is 586 g/mol. The molecule has 0 unspecified atom stereocenters. The van der Waals surface area contributed by atoms with E-state index in [0.717, 1.165) is 5.44 Å². The molecule has 214 valence electrons. The molecule has 0 atom stereocenters. The van der Waals surface area contributed by atoms with Crippen LogP contribution in [0.25, 0.3) is 0 Å². The van der Waals surface area contributed by atoms with Gasteiger partial charge in [0.15, 0.2) is 0 Å². The molecule has 0 bridgehead atoms. The number of benzene rings is 6. The number of hydrogen-bond donors (Lipinski definition) is 0. The van der Waals surface area contributed by atoms with Crippen LogP contribution in [0.15, 0.2) is 195 Å². The Bertz CT molecular complexity index is 1760. The Morgan fingerprint density at radius 1 is 0.432 bits per heavy atom. The Balaban J connectivity index is 1.62. The van der Waals surface area contributed by atoms with E-state index in [4.69, 9.17) is 4.98 Å². The van der Waals surface area contributed by atoms with Crippen molar-refractivity contribution in [2.45, 2.75) is 5.54 Å². The standard InChI is InChI=1S/C41H35N2P/c1-44(37-26-14-5-15-27-37,38-28-16-6-17-29-38,39-30-18-7-19-31-39)40-32-43(33-42-40)41(34-20-8-2-9-21-34,35-22-10-3-11-23-35)36-24-12-4-13-25-36/h2-33H,1H3. The number of imidazole rings is 1. The van der Waals surface area contributed by atoms with Gasteiger partial charge in [0, 0.05) is 0 Å². The summed E-state index contributed by atoms with van der Waals surface area (Å²) in [5.41, 5.74) is 3.96. The van der Waals surface area contributed by atoms with Crippen LogP contribution in [0.1, 0.15) is 16.7 Å². The van der Waals surface area contributed by atoms with Crippen LogP contribution < -0.4 is 21.3 Å². The molecule has 2 nitrogen and oxygen atoms in total. The molecule has 0 aliphatic carbocycles. The summed E-state index contributed by atoms with van der Waals surface area (Å²) in [4.78, 5) is 5.45. The third kappa shape index (κ3) is 4.10. The van der Waals surface area contributed by atoms with E-state index in [1.807, 2.05) is 0 Å². The van der Waals surface area contributed by atoms with E-state index in [1.165, 1.54) is 32.6 Å². The van der Waals surface area contributed by atoms with Gasteiger partial charge in [-0.25, -0.2) is 0 Å². The van der Waals surface area contributed by atoms with Crippen LogP contribution in [-0.2, 0) is 5.54 Å². The Labute approximate surface area is 260 Å². The van der Waals surface area contributed by atoms with Crippen LogP contribution in [0.2, 0.25) is 0 Å². The van der Waals surface area contributed by atoms with E-state index < -0.39 is 12.1 Å². The van der Waals surface area contributed by atoms with Crippen LogP contribution in [0.5, 0.6) is 0 Å². The molecule has 0 aliphatic rings. The Kier molecular flexibility index (Phi) is 7.09. The van der Waals surface area contributed by atoms with E-state index in [9.17, 15) is 0 Å². The first-order valence-electron chi connectivity index (χ1n) is 15.1. The van der Waals surface area contributed by atoms with Gasteiger partial charge in [0.25, 0.3) is 0 Å². The van der Waals surface area contributed by atoms with Gasteiger partial charge in [-0.2, -0.15) is 0 Å². The molecular weight excluding hydrogens is 551 g/mol. The molecule has 7 rings (SSSR count). The van der Waals surface area contributed by atoms with Crippen molar-refractivity contribution in [2.75, 3.05) is 6.66 Å². The van der Waals surface area contributed by atoms with Gasteiger partial charge in [-0.3, -0.25) is 0 Å². The zero-order chi connectivity index (χ0) is 29.9. The maximum atomic E-state index is 5.45. The predicted molar refractivity (Wildman–Crippen MR) is 188 cm³/mol.